The van der Waals surface area contributed by atoms with Gasteiger partial charge in [0, 0.05) is 23.7 Å². The van der Waals surface area contributed by atoms with Crippen LogP contribution in [-0.2, 0) is 0 Å². The molecule has 1 heterocycles. The van der Waals surface area contributed by atoms with Crippen molar-refractivity contribution in [2.45, 2.75) is 19.8 Å². The number of aromatic nitrogens is 1. The lowest BCUT2D eigenvalue weighted by molar-refractivity contribution is 0.546. The van der Waals surface area contributed by atoms with Crippen LogP contribution in [0.5, 0.6) is 0 Å². The van der Waals surface area contributed by atoms with Crippen molar-refractivity contribution in [3.8, 4) is 0 Å². The van der Waals surface area contributed by atoms with Crippen LogP contribution >= 0.6 is 0 Å². The summed E-state index contributed by atoms with van der Waals surface area (Å²) in [6.45, 7) is 4.97. The van der Waals surface area contributed by atoms with Crippen molar-refractivity contribution < 1.29 is 8.78 Å². The molecule has 0 spiro atoms. The van der Waals surface area contributed by atoms with Crippen molar-refractivity contribution in [1.82, 2.24) is 4.98 Å². The molecule has 2 nitrogen and oxygen atoms in total. The fourth-order valence-electron chi connectivity index (χ4n) is 2.72. The van der Waals surface area contributed by atoms with Crippen molar-refractivity contribution >= 4 is 22.2 Å². The van der Waals surface area contributed by atoms with Crippen LogP contribution in [0.3, 0.4) is 0 Å². The predicted molar refractivity (Wildman–Crippen MR) is 91.5 cm³/mol. The van der Waals surface area contributed by atoms with Gasteiger partial charge in [-0.1, -0.05) is 24.3 Å². The van der Waals surface area contributed by atoms with Gasteiger partial charge in [0.05, 0.1) is 0 Å². The van der Waals surface area contributed by atoms with Gasteiger partial charge in [-0.2, -0.15) is 0 Å². The molecule has 0 fully saturated rings. The summed E-state index contributed by atoms with van der Waals surface area (Å²) >= 11 is 0. The van der Waals surface area contributed by atoms with E-state index in [2.05, 4.69) is 16.9 Å². The minimum Gasteiger partial charge on any atom is -0.342 e. The minimum absolute atomic E-state index is 0.0758. The largest absolute Gasteiger partial charge is 0.342 e. The van der Waals surface area contributed by atoms with E-state index in [0.717, 1.165) is 28.3 Å². The second-order valence-corrected chi connectivity index (χ2v) is 5.78. The highest BCUT2D eigenvalue weighted by Crippen LogP contribution is 2.32. The quantitative estimate of drug-likeness (QED) is 0.800. The SMILES string of the molecule is C=C(CF)Nc1cc2ccc(C3=C(C)CCC(F)=C3)cc2cn1. The normalized spacial score (nSPS) is 14.8. The third-order valence-electron chi connectivity index (χ3n) is 4.00. The van der Waals surface area contributed by atoms with Gasteiger partial charge in [0.15, 0.2) is 0 Å². The number of pyridine rings is 1. The molecule has 0 saturated heterocycles. The second kappa shape index (κ2) is 6.32. The van der Waals surface area contributed by atoms with Crippen LogP contribution in [0.4, 0.5) is 14.6 Å². The summed E-state index contributed by atoms with van der Waals surface area (Å²) in [5.74, 6) is 0.486. The molecular formula is C19H18F2N2. The summed E-state index contributed by atoms with van der Waals surface area (Å²) in [6.07, 6.45) is 4.58. The molecule has 1 aromatic heterocycles. The van der Waals surface area contributed by atoms with E-state index in [1.807, 2.05) is 31.2 Å². The van der Waals surface area contributed by atoms with Gasteiger partial charge in [-0.3, -0.25) is 0 Å². The zero-order chi connectivity index (χ0) is 16.4. The van der Waals surface area contributed by atoms with E-state index in [0.29, 0.717) is 12.2 Å². The Bertz CT molecular complexity index is 834. The molecule has 118 valence electrons. The first kappa shape index (κ1) is 15.4. The molecule has 1 N–H and O–H groups in total. The lowest BCUT2D eigenvalue weighted by Crippen LogP contribution is -2.01. The summed E-state index contributed by atoms with van der Waals surface area (Å²) in [4.78, 5) is 4.27. The number of halogens is 2. The lowest BCUT2D eigenvalue weighted by atomic mass is 9.92. The van der Waals surface area contributed by atoms with Crippen LogP contribution in [-0.4, -0.2) is 11.7 Å². The van der Waals surface area contributed by atoms with Crippen LogP contribution in [0.2, 0.25) is 0 Å². The van der Waals surface area contributed by atoms with Crippen LogP contribution < -0.4 is 5.32 Å². The number of rotatable bonds is 4. The Morgan fingerprint density at radius 2 is 2.09 bits per heavy atom. The van der Waals surface area contributed by atoms with E-state index < -0.39 is 6.67 Å². The van der Waals surface area contributed by atoms with Gasteiger partial charge in [-0.25, -0.2) is 13.8 Å². The number of alkyl halides is 1. The first-order valence-corrected chi connectivity index (χ1v) is 7.53. The van der Waals surface area contributed by atoms with E-state index >= 15 is 0 Å². The molecular weight excluding hydrogens is 294 g/mol. The van der Waals surface area contributed by atoms with Gasteiger partial charge in [0.25, 0.3) is 0 Å². The Balaban J connectivity index is 1.97. The Hall–Kier alpha value is -2.49. The molecule has 23 heavy (non-hydrogen) atoms. The Morgan fingerprint density at radius 1 is 1.26 bits per heavy atom. The number of hydrogen-bond acceptors (Lipinski definition) is 2. The molecule has 3 rings (SSSR count). The van der Waals surface area contributed by atoms with Gasteiger partial charge >= 0.3 is 0 Å². The molecule has 0 aliphatic heterocycles. The van der Waals surface area contributed by atoms with Gasteiger partial charge in [-0.05, 0) is 48.1 Å². The smallest absolute Gasteiger partial charge is 0.130 e. The van der Waals surface area contributed by atoms with Crippen LogP contribution in [0, 0.1) is 0 Å². The number of benzene rings is 1. The maximum Gasteiger partial charge on any atom is 0.130 e. The number of allylic oxidation sites excluding steroid dienone is 5. The van der Waals surface area contributed by atoms with Crippen molar-refractivity contribution in [2.24, 2.45) is 0 Å². The molecule has 0 amide bonds. The van der Waals surface area contributed by atoms with E-state index in [9.17, 15) is 8.78 Å². The zero-order valence-electron chi connectivity index (χ0n) is 13.0. The maximum atomic E-state index is 13.6. The lowest BCUT2D eigenvalue weighted by Gasteiger charge is -2.15. The molecule has 0 saturated carbocycles. The molecule has 4 heteroatoms. The summed E-state index contributed by atoms with van der Waals surface area (Å²) in [5.41, 5.74) is 3.40. The maximum absolute atomic E-state index is 13.6. The van der Waals surface area contributed by atoms with Gasteiger partial charge in [-0.15, -0.1) is 0 Å². The Labute approximate surface area is 134 Å². The number of nitrogens with zero attached hydrogens (tertiary/aromatic N) is 1. The summed E-state index contributed by atoms with van der Waals surface area (Å²) < 4.78 is 26.1. The van der Waals surface area contributed by atoms with E-state index in [1.54, 1.807) is 12.3 Å². The Morgan fingerprint density at radius 3 is 2.87 bits per heavy atom. The second-order valence-electron chi connectivity index (χ2n) is 5.78. The standard InChI is InChI=1S/C19H18F2N2/c1-12-3-6-17(21)9-18(12)15-5-4-14-8-19(23-13(2)10-20)22-11-16(14)7-15/h4-5,7-9,11H,2-3,6,10H2,1H3,(H,22,23). The highest BCUT2D eigenvalue weighted by atomic mass is 19.1. The fourth-order valence-corrected chi connectivity index (χ4v) is 2.72. The van der Waals surface area contributed by atoms with Gasteiger partial charge < -0.3 is 5.32 Å². The molecule has 1 aliphatic rings. The number of nitrogens with one attached hydrogen (secondary N) is 1. The van der Waals surface area contributed by atoms with Crippen molar-refractivity contribution in [1.29, 1.82) is 0 Å². The zero-order valence-corrected chi connectivity index (χ0v) is 13.0. The van der Waals surface area contributed by atoms with E-state index in [-0.39, 0.29) is 11.5 Å². The molecule has 0 unspecified atom stereocenters. The Kier molecular flexibility index (Phi) is 4.24. The third-order valence-corrected chi connectivity index (χ3v) is 4.00. The van der Waals surface area contributed by atoms with Gasteiger partial charge in [0.1, 0.15) is 18.3 Å². The summed E-state index contributed by atoms with van der Waals surface area (Å²) in [7, 11) is 0. The topological polar surface area (TPSA) is 24.9 Å². The molecule has 0 bridgehead atoms. The van der Waals surface area contributed by atoms with E-state index in [1.165, 1.54) is 5.57 Å². The molecule has 2 aromatic rings. The average Bonchev–Trinajstić information content (AvgIpc) is 2.56. The average molecular weight is 312 g/mol. The van der Waals surface area contributed by atoms with Crippen LogP contribution in [0.1, 0.15) is 25.3 Å². The monoisotopic (exact) mass is 312 g/mol. The minimum atomic E-state index is -0.635. The summed E-state index contributed by atoms with van der Waals surface area (Å²) in [6, 6.07) is 7.79. The van der Waals surface area contributed by atoms with Crippen molar-refractivity contribution in [3.05, 3.63) is 65.8 Å². The highest BCUT2D eigenvalue weighted by molar-refractivity contribution is 5.89. The molecule has 0 radical (unpaired) electrons. The number of anilines is 1. The molecule has 1 aliphatic carbocycles. The van der Waals surface area contributed by atoms with Crippen molar-refractivity contribution in [3.63, 3.8) is 0 Å². The van der Waals surface area contributed by atoms with Crippen molar-refractivity contribution in [2.75, 3.05) is 12.0 Å². The number of hydrogen-bond donors (Lipinski definition) is 1. The molecule has 1 aromatic carbocycles. The fraction of sp³-hybridized carbons (Fsp3) is 0.211. The van der Waals surface area contributed by atoms with Gasteiger partial charge in [0.2, 0.25) is 0 Å². The first-order chi connectivity index (χ1) is 11.1. The third kappa shape index (κ3) is 3.31. The first-order valence-electron chi connectivity index (χ1n) is 7.53. The van der Waals surface area contributed by atoms with Crippen LogP contribution in [0.15, 0.2) is 60.2 Å². The highest BCUT2D eigenvalue weighted by Gasteiger charge is 2.12. The van der Waals surface area contributed by atoms with E-state index in [4.69, 9.17) is 0 Å². The number of fused-ring (bicyclic) bond motifs is 1. The summed E-state index contributed by atoms with van der Waals surface area (Å²) in [5, 5.41) is 4.77. The predicted octanol–water partition coefficient (Wildman–Crippen LogP) is 5.55. The van der Waals surface area contributed by atoms with Crippen LogP contribution in [0.25, 0.3) is 16.3 Å². The molecule has 0 atom stereocenters.